The van der Waals surface area contributed by atoms with Crippen LogP contribution in [-0.4, -0.2) is 5.78 Å². The monoisotopic (exact) mass is 430 g/mol. The van der Waals surface area contributed by atoms with E-state index in [1.165, 1.54) is 0 Å². The van der Waals surface area contributed by atoms with E-state index in [2.05, 4.69) is 52.5 Å². The molecule has 2 aromatic carbocycles. The molecule has 1 aliphatic heterocycles. The molecular weight excluding hydrogens is 412 g/mol. The molecule has 0 bridgehead atoms. The number of Topliss-reactive ketones (excluding diaryl/α,β-unsaturated/α-hetero) is 1. The van der Waals surface area contributed by atoms with Crippen LogP contribution in [0.1, 0.15) is 38.3 Å². The number of hydrogen-bond acceptors (Lipinski definition) is 3. The molecule has 1 unspecified atom stereocenters. The maximum Gasteiger partial charge on any atom is 0.163 e. The molecule has 2 N–H and O–H groups in total. The average Bonchev–Trinajstić information content (AvgIpc) is 2.70. The van der Waals surface area contributed by atoms with E-state index >= 15 is 0 Å². The number of ketones is 1. The van der Waals surface area contributed by atoms with Crippen LogP contribution in [0.4, 0.5) is 11.4 Å². The normalized spacial score (nSPS) is 21.2. The summed E-state index contributed by atoms with van der Waals surface area (Å²) in [5.41, 5.74) is 4.68. The lowest BCUT2D eigenvalue weighted by Gasteiger charge is -2.34. The van der Waals surface area contributed by atoms with Gasteiger partial charge in [0.05, 0.1) is 17.4 Å². The smallest absolute Gasteiger partial charge is 0.163 e. The van der Waals surface area contributed by atoms with Gasteiger partial charge in [-0.15, -0.1) is 0 Å². The fourth-order valence-electron chi connectivity index (χ4n) is 3.85. The zero-order valence-corrected chi connectivity index (χ0v) is 17.0. The van der Waals surface area contributed by atoms with Gasteiger partial charge in [-0.1, -0.05) is 53.5 Å². The Morgan fingerprint density at radius 1 is 1.12 bits per heavy atom. The van der Waals surface area contributed by atoms with Crippen molar-refractivity contribution in [1.29, 1.82) is 0 Å². The maximum atomic E-state index is 13.1. The minimum absolute atomic E-state index is 0.0539. The van der Waals surface area contributed by atoms with Crippen LogP contribution in [0, 0.1) is 5.41 Å². The molecule has 0 saturated carbocycles. The highest BCUT2D eigenvalue weighted by atomic mass is 79.9. The van der Waals surface area contributed by atoms with Crippen LogP contribution in [0.25, 0.3) is 0 Å². The number of benzene rings is 2. The molecule has 0 spiro atoms. The van der Waals surface area contributed by atoms with Crippen LogP contribution in [0.2, 0.25) is 5.02 Å². The Morgan fingerprint density at radius 3 is 2.69 bits per heavy atom. The molecule has 1 aliphatic carbocycles. The van der Waals surface area contributed by atoms with E-state index < -0.39 is 0 Å². The summed E-state index contributed by atoms with van der Waals surface area (Å²) >= 11 is 9.77. The molecule has 2 aliphatic rings. The van der Waals surface area contributed by atoms with Crippen LogP contribution in [-0.2, 0) is 4.79 Å². The summed E-state index contributed by atoms with van der Waals surface area (Å²) in [5, 5.41) is 7.73. The van der Waals surface area contributed by atoms with Gasteiger partial charge < -0.3 is 10.6 Å². The molecule has 5 heteroatoms. The number of allylic oxidation sites excluding steroid dienone is 1. The predicted octanol–water partition coefficient (Wildman–Crippen LogP) is 6.32. The van der Waals surface area contributed by atoms with E-state index in [0.717, 1.165) is 39.1 Å². The largest absolute Gasteiger partial charge is 0.372 e. The summed E-state index contributed by atoms with van der Waals surface area (Å²) < 4.78 is 0.992. The second-order valence-electron chi connectivity index (χ2n) is 7.78. The lowest BCUT2D eigenvalue weighted by molar-refractivity contribution is -0.118. The number of rotatable bonds is 1. The number of carbonyl (C=O) groups is 1. The van der Waals surface area contributed by atoms with Gasteiger partial charge in [0.2, 0.25) is 0 Å². The molecule has 1 atom stereocenters. The zero-order chi connectivity index (χ0) is 18.5. The fraction of sp³-hybridized carbons (Fsp3) is 0.286. The van der Waals surface area contributed by atoms with Crippen molar-refractivity contribution in [2.45, 2.75) is 32.7 Å². The van der Waals surface area contributed by atoms with Gasteiger partial charge in [-0.2, -0.15) is 0 Å². The molecule has 3 nitrogen and oxygen atoms in total. The van der Waals surface area contributed by atoms with Crippen molar-refractivity contribution in [1.82, 2.24) is 0 Å². The first-order valence-corrected chi connectivity index (χ1v) is 9.84. The highest BCUT2D eigenvalue weighted by Gasteiger charge is 2.38. The number of nitrogens with one attached hydrogen (secondary N) is 2. The molecule has 0 radical (unpaired) electrons. The zero-order valence-electron chi connectivity index (χ0n) is 14.7. The van der Waals surface area contributed by atoms with Gasteiger partial charge in [0.25, 0.3) is 0 Å². The predicted molar refractivity (Wildman–Crippen MR) is 111 cm³/mol. The van der Waals surface area contributed by atoms with Crippen molar-refractivity contribution in [2.75, 3.05) is 10.6 Å². The topological polar surface area (TPSA) is 41.1 Å². The van der Waals surface area contributed by atoms with Crippen molar-refractivity contribution >= 4 is 44.7 Å². The summed E-state index contributed by atoms with van der Waals surface area (Å²) in [6.07, 6.45) is 1.39. The number of halogens is 2. The van der Waals surface area contributed by atoms with Gasteiger partial charge >= 0.3 is 0 Å². The molecule has 0 aromatic heterocycles. The lowest BCUT2D eigenvalue weighted by Crippen LogP contribution is -2.31. The van der Waals surface area contributed by atoms with Crippen LogP contribution >= 0.6 is 27.5 Å². The van der Waals surface area contributed by atoms with Crippen molar-refractivity contribution in [3.8, 4) is 0 Å². The molecule has 0 saturated heterocycles. The van der Waals surface area contributed by atoms with Gasteiger partial charge in [0.1, 0.15) is 0 Å². The summed E-state index contributed by atoms with van der Waals surface area (Å²) in [7, 11) is 0. The Hall–Kier alpha value is -1.78. The Labute approximate surface area is 167 Å². The molecule has 0 fully saturated rings. The molecular formula is C21H20BrClN2O. The molecule has 0 amide bonds. The lowest BCUT2D eigenvalue weighted by atomic mass is 9.73. The number of hydrogen-bond donors (Lipinski definition) is 2. The Bertz CT molecular complexity index is 935. The first kappa shape index (κ1) is 17.6. The van der Waals surface area contributed by atoms with E-state index in [1.807, 2.05) is 30.3 Å². The van der Waals surface area contributed by atoms with Crippen molar-refractivity contribution in [3.05, 3.63) is 68.8 Å². The van der Waals surface area contributed by atoms with Gasteiger partial charge in [-0.05, 0) is 47.7 Å². The van der Waals surface area contributed by atoms with Crippen molar-refractivity contribution in [3.63, 3.8) is 0 Å². The van der Waals surface area contributed by atoms with Crippen molar-refractivity contribution < 1.29 is 4.79 Å². The Kier molecular flexibility index (Phi) is 4.36. The van der Waals surface area contributed by atoms with Gasteiger partial charge in [0, 0.05) is 27.2 Å². The summed E-state index contributed by atoms with van der Waals surface area (Å²) in [6, 6.07) is 13.6. The third kappa shape index (κ3) is 3.28. The van der Waals surface area contributed by atoms with E-state index in [0.29, 0.717) is 11.4 Å². The molecule has 4 rings (SSSR count). The first-order chi connectivity index (χ1) is 12.3. The Morgan fingerprint density at radius 2 is 1.92 bits per heavy atom. The molecule has 26 heavy (non-hydrogen) atoms. The van der Waals surface area contributed by atoms with Crippen LogP contribution in [0.5, 0.6) is 0 Å². The average molecular weight is 432 g/mol. The molecule has 134 valence electrons. The fourth-order valence-corrected chi connectivity index (χ4v) is 4.44. The third-order valence-electron chi connectivity index (χ3n) is 4.96. The van der Waals surface area contributed by atoms with Crippen LogP contribution in [0.3, 0.4) is 0 Å². The van der Waals surface area contributed by atoms with Crippen LogP contribution in [0.15, 0.2) is 58.2 Å². The minimum atomic E-state index is -0.210. The molecule has 2 aromatic rings. The van der Waals surface area contributed by atoms with Gasteiger partial charge in [-0.3, -0.25) is 4.79 Å². The standard InChI is InChI=1S/C21H20BrClN2O/c1-21(2)10-17-19(18(26)11-21)20(12-4-3-5-13(22)8-12)25-16-9-14(23)6-7-15(16)24-17/h3-9,20,24-25H,10-11H2,1-2H3. The van der Waals surface area contributed by atoms with E-state index in [1.54, 1.807) is 0 Å². The van der Waals surface area contributed by atoms with E-state index in [4.69, 9.17) is 11.6 Å². The minimum Gasteiger partial charge on any atom is -0.372 e. The summed E-state index contributed by atoms with van der Waals surface area (Å²) in [6.45, 7) is 4.29. The second kappa shape index (κ2) is 6.43. The third-order valence-corrected chi connectivity index (χ3v) is 5.69. The van der Waals surface area contributed by atoms with Gasteiger partial charge in [0.15, 0.2) is 5.78 Å². The summed E-state index contributed by atoms with van der Waals surface area (Å²) in [5.74, 6) is 0.195. The van der Waals surface area contributed by atoms with E-state index in [9.17, 15) is 4.79 Å². The van der Waals surface area contributed by atoms with Crippen LogP contribution < -0.4 is 10.6 Å². The highest BCUT2D eigenvalue weighted by Crippen LogP contribution is 2.46. The summed E-state index contributed by atoms with van der Waals surface area (Å²) in [4.78, 5) is 13.1. The SMILES string of the molecule is CC1(C)CC(=O)C2=C(C1)Nc1ccc(Cl)cc1NC2c1cccc(Br)c1. The number of carbonyl (C=O) groups excluding carboxylic acids is 1. The number of anilines is 2. The maximum absolute atomic E-state index is 13.1. The quantitative estimate of drug-likeness (QED) is 0.555. The van der Waals surface area contributed by atoms with E-state index in [-0.39, 0.29) is 17.2 Å². The van der Waals surface area contributed by atoms with Crippen molar-refractivity contribution in [2.24, 2.45) is 5.41 Å². The first-order valence-electron chi connectivity index (χ1n) is 8.67. The Balaban J connectivity index is 1.90. The second-order valence-corrected chi connectivity index (χ2v) is 9.13. The number of fused-ring (bicyclic) bond motifs is 1. The highest BCUT2D eigenvalue weighted by molar-refractivity contribution is 9.10. The molecule has 1 heterocycles. The van der Waals surface area contributed by atoms with Gasteiger partial charge in [-0.25, -0.2) is 0 Å².